The van der Waals surface area contributed by atoms with Crippen LogP contribution in [-0.2, 0) is 11.3 Å². The van der Waals surface area contributed by atoms with E-state index in [1.54, 1.807) is 6.20 Å². The summed E-state index contributed by atoms with van der Waals surface area (Å²) in [5, 5.41) is 7.55. The third kappa shape index (κ3) is 3.48. The van der Waals surface area contributed by atoms with Gasteiger partial charge in [-0.2, -0.15) is 5.10 Å². The van der Waals surface area contributed by atoms with E-state index in [1.165, 1.54) is 0 Å². The van der Waals surface area contributed by atoms with Gasteiger partial charge in [-0.05, 0) is 19.9 Å². The maximum absolute atomic E-state index is 5.97. The first-order valence-corrected chi connectivity index (χ1v) is 7.26. The third-order valence-electron chi connectivity index (χ3n) is 3.48. The fraction of sp³-hybridized carbons (Fsp3) is 0.786. The van der Waals surface area contributed by atoms with E-state index in [0.29, 0.717) is 6.04 Å². The summed E-state index contributed by atoms with van der Waals surface area (Å²) >= 11 is 0. The highest BCUT2D eigenvalue weighted by Crippen LogP contribution is 2.29. The largest absolute Gasteiger partial charge is 0.484 e. The van der Waals surface area contributed by atoms with Crippen LogP contribution in [0.25, 0.3) is 0 Å². The van der Waals surface area contributed by atoms with Gasteiger partial charge in [0, 0.05) is 25.6 Å². The molecule has 0 bridgehead atoms. The first-order chi connectivity index (χ1) is 9.28. The van der Waals surface area contributed by atoms with E-state index in [2.05, 4.69) is 24.3 Å². The molecule has 0 saturated heterocycles. The van der Waals surface area contributed by atoms with Gasteiger partial charge >= 0.3 is 0 Å². The topological polar surface area (TPSA) is 48.3 Å². The Hall–Kier alpha value is -1.07. The monoisotopic (exact) mass is 267 g/mol. The van der Waals surface area contributed by atoms with Crippen molar-refractivity contribution in [2.24, 2.45) is 0 Å². The van der Waals surface area contributed by atoms with Crippen LogP contribution >= 0.6 is 0 Å². The lowest BCUT2D eigenvalue weighted by molar-refractivity contribution is -0.106. The Bertz CT molecular complexity index is 381. The standard InChI is InChI=1S/C14H25N3O2/c1-4-6-17-10-11(9-16-17)19-13-8-12(15-3)14(13)18-7-5-2/h9-10,12-15H,4-8H2,1-3H3. The normalized spacial score (nSPS) is 26.2. The predicted molar refractivity (Wildman–Crippen MR) is 74.4 cm³/mol. The summed E-state index contributed by atoms with van der Waals surface area (Å²) in [6, 6.07) is 0.405. The quantitative estimate of drug-likeness (QED) is 0.780. The second kappa shape index (κ2) is 6.91. The van der Waals surface area contributed by atoms with Crippen molar-refractivity contribution in [1.29, 1.82) is 0 Å². The Balaban J connectivity index is 1.86. The SMILES string of the molecule is CCCOC1C(NC)CC1Oc1cnn(CCC)c1. The Kier molecular flexibility index (Phi) is 5.22. The van der Waals surface area contributed by atoms with Crippen LogP contribution in [0.2, 0.25) is 0 Å². The molecule has 3 atom stereocenters. The lowest BCUT2D eigenvalue weighted by Crippen LogP contribution is -2.60. The summed E-state index contributed by atoms with van der Waals surface area (Å²) in [6.07, 6.45) is 7.15. The van der Waals surface area contributed by atoms with Crippen molar-refractivity contribution >= 4 is 0 Å². The van der Waals surface area contributed by atoms with Crippen molar-refractivity contribution in [3.63, 3.8) is 0 Å². The van der Waals surface area contributed by atoms with Gasteiger partial charge in [0.05, 0.1) is 12.4 Å². The molecule has 108 valence electrons. The Morgan fingerprint density at radius 1 is 1.42 bits per heavy atom. The minimum atomic E-state index is 0.142. The van der Waals surface area contributed by atoms with Crippen molar-refractivity contribution in [2.45, 2.75) is 57.9 Å². The number of aryl methyl sites for hydroxylation is 1. The summed E-state index contributed by atoms with van der Waals surface area (Å²) in [7, 11) is 1.97. The summed E-state index contributed by atoms with van der Waals surface area (Å²) < 4.78 is 13.7. The lowest BCUT2D eigenvalue weighted by Gasteiger charge is -2.43. The molecule has 1 aliphatic rings. The highest BCUT2D eigenvalue weighted by Gasteiger charge is 2.43. The zero-order valence-corrected chi connectivity index (χ0v) is 12.1. The minimum absolute atomic E-state index is 0.142. The number of likely N-dealkylation sites (N-methyl/N-ethyl adjacent to an activating group) is 1. The van der Waals surface area contributed by atoms with Gasteiger partial charge in [-0.15, -0.1) is 0 Å². The maximum atomic E-state index is 5.97. The van der Waals surface area contributed by atoms with Crippen LogP contribution < -0.4 is 10.1 Å². The Labute approximate surface area is 115 Å². The molecule has 3 unspecified atom stereocenters. The van der Waals surface area contributed by atoms with Crippen molar-refractivity contribution in [3.8, 4) is 5.75 Å². The first kappa shape index (κ1) is 14.3. The lowest BCUT2D eigenvalue weighted by atomic mass is 9.85. The van der Waals surface area contributed by atoms with E-state index in [1.807, 2.05) is 17.9 Å². The second-order valence-electron chi connectivity index (χ2n) is 5.06. The summed E-state index contributed by atoms with van der Waals surface area (Å²) in [4.78, 5) is 0. The molecular weight excluding hydrogens is 242 g/mol. The van der Waals surface area contributed by atoms with Crippen LogP contribution in [0.4, 0.5) is 0 Å². The molecule has 19 heavy (non-hydrogen) atoms. The molecule has 1 N–H and O–H groups in total. The van der Waals surface area contributed by atoms with Gasteiger partial charge in [0.25, 0.3) is 0 Å². The van der Waals surface area contributed by atoms with Gasteiger partial charge in [-0.25, -0.2) is 0 Å². The maximum Gasteiger partial charge on any atom is 0.157 e. The van der Waals surface area contributed by atoms with Crippen molar-refractivity contribution in [2.75, 3.05) is 13.7 Å². The molecule has 2 rings (SSSR count). The van der Waals surface area contributed by atoms with Gasteiger partial charge < -0.3 is 14.8 Å². The molecule has 1 aromatic heterocycles. The molecule has 5 heteroatoms. The molecule has 1 heterocycles. The fourth-order valence-electron chi connectivity index (χ4n) is 2.39. The zero-order valence-electron chi connectivity index (χ0n) is 12.1. The molecule has 0 spiro atoms. The third-order valence-corrected chi connectivity index (χ3v) is 3.48. The van der Waals surface area contributed by atoms with Gasteiger partial charge in [0.2, 0.25) is 0 Å². The Morgan fingerprint density at radius 3 is 2.95 bits per heavy atom. The van der Waals surface area contributed by atoms with E-state index in [-0.39, 0.29) is 12.2 Å². The summed E-state index contributed by atoms with van der Waals surface area (Å²) in [6.45, 7) is 5.98. The average Bonchev–Trinajstić information content (AvgIpc) is 2.82. The number of hydrogen-bond donors (Lipinski definition) is 1. The molecule has 1 aromatic rings. The number of rotatable bonds is 8. The highest BCUT2D eigenvalue weighted by molar-refractivity contribution is 5.14. The van der Waals surface area contributed by atoms with E-state index < -0.39 is 0 Å². The molecule has 0 amide bonds. The van der Waals surface area contributed by atoms with Gasteiger partial charge in [-0.3, -0.25) is 4.68 Å². The molecule has 1 saturated carbocycles. The Morgan fingerprint density at radius 2 is 2.26 bits per heavy atom. The molecule has 0 aliphatic heterocycles. The first-order valence-electron chi connectivity index (χ1n) is 7.26. The van der Waals surface area contributed by atoms with Crippen LogP contribution in [-0.4, -0.2) is 41.7 Å². The number of aromatic nitrogens is 2. The van der Waals surface area contributed by atoms with Crippen LogP contribution in [0.5, 0.6) is 5.75 Å². The number of nitrogens with one attached hydrogen (secondary N) is 1. The second-order valence-corrected chi connectivity index (χ2v) is 5.06. The van der Waals surface area contributed by atoms with E-state index in [9.17, 15) is 0 Å². The van der Waals surface area contributed by atoms with Gasteiger partial charge in [-0.1, -0.05) is 13.8 Å². The van der Waals surface area contributed by atoms with Crippen LogP contribution in [0.3, 0.4) is 0 Å². The summed E-state index contributed by atoms with van der Waals surface area (Å²) in [5.41, 5.74) is 0. The number of hydrogen-bond acceptors (Lipinski definition) is 4. The molecule has 0 aromatic carbocycles. The molecule has 1 fully saturated rings. The zero-order chi connectivity index (χ0) is 13.7. The summed E-state index contributed by atoms with van der Waals surface area (Å²) in [5.74, 6) is 0.845. The molecular formula is C14H25N3O2. The van der Waals surface area contributed by atoms with Crippen molar-refractivity contribution in [3.05, 3.63) is 12.4 Å². The van der Waals surface area contributed by atoms with E-state index in [4.69, 9.17) is 9.47 Å². The fourth-order valence-corrected chi connectivity index (χ4v) is 2.39. The molecule has 1 aliphatic carbocycles. The predicted octanol–water partition coefficient (Wildman–Crippen LogP) is 1.83. The number of ether oxygens (including phenoxy) is 2. The molecule has 5 nitrogen and oxygen atoms in total. The number of nitrogens with zero attached hydrogens (tertiary/aromatic N) is 2. The highest BCUT2D eigenvalue weighted by atomic mass is 16.5. The van der Waals surface area contributed by atoms with Crippen LogP contribution in [0.15, 0.2) is 12.4 Å². The smallest absolute Gasteiger partial charge is 0.157 e. The van der Waals surface area contributed by atoms with Crippen molar-refractivity contribution < 1.29 is 9.47 Å². The van der Waals surface area contributed by atoms with Crippen LogP contribution in [0.1, 0.15) is 33.1 Å². The van der Waals surface area contributed by atoms with Gasteiger partial charge in [0.15, 0.2) is 5.75 Å². The van der Waals surface area contributed by atoms with Gasteiger partial charge in [0.1, 0.15) is 12.2 Å². The van der Waals surface area contributed by atoms with Crippen LogP contribution in [0, 0.1) is 0 Å². The van der Waals surface area contributed by atoms with E-state index in [0.717, 1.165) is 38.2 Å². The molecule has 0 radical (unpaired) electrons. The minimum Gasteiger partial charge on any atom is -0.484 e. The average molecular weight is 267 g/mol. The van der Waals surface area contributed by atoms with Crippen molar-refractivity contribution in [1.82, 2.24) is 15.1 Å². The van der Waals surface area contributed by atoms with E-state index >= 15 is 0 Å².